The fourth-order valence-corrected chi connectivity index (χ4v) is 3.79. The molecular weight excluding hydrogens is 351 g/mol. The van der Waals surface area contributed by atoms with E-state index in [1.165, 1.54) is 6.07 Å². The van der Waals surface area contributed by atoms with Crippen LogP contribution >= 0.6 is 0 Å². The summed E-state index contributed by atoms with van der Waals surface area (Å²) in [6, 6.07) is 4.61. The Morgan fingerprint density at radius 3 is 2.89 bits per heavy atom. The normalized spacial score (nSPS) is 15.9. The molecule has 0 radical (unpaired) electrons. The van der Waals surface area contributed by atoms with E-state index in [0.29, 0.717) is 28.1 Å². The first kappa shape index (κ1) is 15.8. The summed E-state index contributed by atoms with van der Waals surface area (Å²) in [5, 5.41) is 4.01. The van der Waals surface area contributed by atoms with Crippen LogP contribution in [0.25, 0.3) is 22.2 Å². The Morgan fingerprint density at radius 1 is 1.30 bits per heavy atom. The van der Waals surface area contributed by atoms with E-state index < -0.39 is 11.9 Å². The van der Waals surface area contributed by atoms with Crippen LogP contribution in [0.5, 0.6) is 5.75 Å². The molecule has 0 fully saturated rings. The zero-order chi connectivity index (χ0) is 18.7. The first-order valence-corrected chi connectivity index (χ1v) is 8.48. The number of rotatable bonds is 2. The van der Waals surface area contributed by atoms with Gasteiger partial charge < -0.3 is 14.2 Å². The van der Waals surface area contributed by atoms with E-state index in [4.69, 9.17) is 9.26 Å². The average molecular weight is 366 g/mol. The second kappa shape index (κ2) is 5.54. The molecule has 4 heterocycles. The van der Waals surface area contributed by atoms with Gasteiger partial charge in [0.1, 0.15) is 23.7 Å². The molecule has 1 N–H and O–H groups in total. The molecule has 4 aromatic rings. The van der Waals surface area contributed by atoms with E-state index in [1.54, 1.807) is 10.8 Å². The second-order valence-corrected chi connectivity index (χ2v) is 6.60. The van der Waals surface area contributed by atoms with Crippen molar-refractivity contribution in [3.63, 3.8) is 0 Å². The van der Waals surface area contributed by atoms with Gasteiger partial charge in [-0.15, -0.1) is 0 Å². The zero-order valence-corrected chi connectivity index (χ0v) is 14.6. The lowest BCUT2D eigenvalue weighted by atomic mass is 10.0. The molecule has 3 aromatic heterocycles. The minimum Gasteiger partial charge on any atom is -0.488 e. The molecule has 0 saturated carbocycles. The number of nitrogens with one attached hydrogen (secondary N) is 1. The maximum Gasteiger partial charge on any atom is 0.327 e. The highest BCUT2D eigenvalue weighted by molar-refractivity contribution is 5.92. The molecule has 1 atom stereocenters. The van der Waals surface area contributed by atoms with Gasteiger partial charge in [0.15, 0.2) is 5.75 Å². The standard InChI is InChI=1S/C19H15FN4O3/c1-9-16(10(2)27-23-9)13-3-4-14-17-18(13)26-8-15(24(17)19(25)22-14)11-5-12(20)7-21-6-11/h3-7,15H,8H2,1-2H3,(H,22,25). The van der Waals surface area contributed by atoms with Gasteiger partial charge in [0.25, 0.3) is 0 Å². The predicted octanol–water partition coefficient (Wildman–Crippen LogP) is 3.12. The molecule has 0 aliphatic carbocycles. The van der Waals surface area contributed by atoms with Crippen LogP contribution in [-0.2, 0) is 0 Å². The SMILES string of the molecule is Cc1noc(C)c1-c1ccc2[nH]c(=O)n3c2c1OCC3c1cncc(F)c1. The number of hydrogen-bond donors (Lipinski definition) is 1. The Hall–Kier alpha value is -3.42. The van der Waals surface area contributed by atoms with Crippen LogP contribution in [0.3, 0.4) is 0 Å². The van der Waals surface area contributed by atoms with E-state index in [9.17, 15) is 9.18 Å². The van der Waals surface area contributed by atoms with Crippen molar-refractivity contribution in [1.29, 1.82) is 0 Å². The summed E-state index contributed by atoms with van der Waals surface area (Å²) in [6.45, 7) is 3.88. The molecule has 0 amide bonds. The number of H-pyrrole nitrogens is 1. The Bertz CT molecular complexity index is 1230. The fourth-order valence-electron chi connectivity index (χ4n) is 3.79. The summed E-state index contributed by atoms with van der Waals surface area (Å²) in [7, 11) is 0. The molecule has 7 nitrogen and oxygen atoms in total. The average Bonchev–Trinajstić information content (AvgIpc) is 3.17. The Kier molecular flexibility index (Phi) is 3.24. The van der Waals surface area contributed by atoms with Gasteiger partial charge in [0.2, 0.25) is 0 Å². The van der Waals surface area contributed by atoms with Crippen molar-refractivity contribution >= 4 is 11.0 Å². The number of aryl methyl sites for hydroxylation is 2. The number of benzene rings is 1. The monoisotopic (exact) mass is 366 g/mol. The van der Waals surface area contributed by atoms with Gasteiger partial charge in [-0.3, -0.25) is 9.55 Å². The Morgan fingerprint density at radius 2 is 2.15 bits per heavy atom. The molecule has 0 saturated heterocycles. The number of hydrogen-bond acceptors (Lipinski definition) is 5. The minimum atomic E-state index is -0.470. The summed E-state index contributed by atoms with van der Waals surface area (Å²) in [5.74, 6) is 0.802. The first-order valence-electron chi connectivity index (χ1n) is 8.48. The summed E-state index contributed by atoms with van der Waals surface area (Å²) >= 11 is 0. The highest BCUT2D eigenvalue weighted by Crippen LogP contribution is 2.42. The lowest BCUT2D eigenvalue weighted by Crippen LogP contribution is -2.30. The number of aromatic nitrogens is 4. The van der Waals surface area contributed by atoms with Gasteiger partial charge in [-0.1, -0.05) is 5.16 Å². The lowest BCUT2D eigenvalue weighted by Gasteiger charge is -2.26. The van der Waals surface area contributed by atoms with Crippen LogP contribution in [-0.4, -0.2) is 26.3 Å². The smallest absolute Gasteiger partial charge is 0.327 e. The summed E-state index contributed by atoms with van der Waals surface area (Å²) in [6.07, 6.45) is 2.68. The second-order valence-electron chi connectivity index (χ2n) is 6.60. The van der Waals surface area contributed by atoms with Crippen LogP contribution in [0.1, 0.15) is 23.1 Å². The number of pyridine rings is 1. The van der Waals surface area contributed by atoms with E-state index in [-0.39, 0.29) is 12.3 Å². The van der Waals surface area contributed by atoms with Crippen LogP contribution in [0.2, 0.25) is 0 Å². The number of nitrogens with zero attached hydrogens (tertiary/aromatic N) is 3. The van der Waals surface area contributed by atoms with Gasteiger partial charge in [-0.05, 0) is 37.6 Å². The van der Waals surface area contributed by atoms with Crippen LogP contribution < -0.4 is 10.4 Å². The van der Waals surface area contributed by atoms with Crippen molar-refractivity contribution in [2.24, 2.45) is 0 Å². The summed E-state index contributed by atoms with van der Waals surface area (Å²) in [5.41, 5.74) is 3.98. The third kappa shape index (κ3) is 2.22. The van der Waals surface area contributed by atoms with Crippen molar-refractivity contribution in [3.8, 4) is 16.9 Å². The topological polar surface area (TPSA) is 85.9 Å². The molecule has 1 unspecified atom stereocenters. The first-order chi connectivity index (χ1) is 13.0. The molecule has 8 heteroatoms. The Balaban J connectivity index is 1.79. The third-order valence-electron chi connectivity index (χ3n) is 4.94. The highest BCUT2D eigenvalue weighted by atomic mass is 19.1. The van der Waals surface area contributed by atoms with Gasteiger partial charge in [0, 0.05) is 11.8 Å². The van der Waals surface area contributed by atoms with Crippen molar-refractivity contribution in [3.05, 3.63) is 63.9 Å². The molecule has 1 aliphatic heterocycles. The molecule has 1 aliphatic rings. The van der Waals surface area contributed by atoms with E-state index in [2.05, 4.69) is 15.1 Å². The van der Waals surface area contributed by atoms with E-state index >= 15 is 0 Å². The zero-order valence-electron chi connectivity index (χ0n) is 14.6. The van der Waals surface area contributed by atoms with Gasteiger partial charge in [0.05, 0.1) is 29.0 Å². The van der Waals surface area contributed by atoms with Gasteiger partial charge in [-0.25, -0.2) is 9.18 Å². The number of imidazole rings is 1. The quantitative estimate of drug-likeness (QED) is 0.589. The largest absolute Gasteiger partial charge is 0.488 e. The van der Waals surface area contributed by atoms with Crippen LogP contribution in [0.4, 0.5) is 4.39 Å². The molecule has 27 heavy (non-hydrogen) atoms. The maximum absolute atomic E-state index is 13.7. The van der Waals surface area contributed by atoms with Crippen molar-refractivity contribution in [2.75, 3.05) is 6.61 Å². The number of halogens is 1. The van der Waals surface area contributed by atoms with Gasteiger partial charge in [-0.2, -0.15) is 0 Å². The van der Waals surface area contributed by atoms with Gasteiger partial charge >= 0.3 is 5.69 Å². The minimum absolute atomic E-state index is 0.186. The highest BCUT2D eigenvalue weighted by Gasteiger charge is 2.30. The molecular formula is C19H15FN4O3. The van der Waals surface area contributed by atoms with Crippen LogP contribution in [0.15, 0.2) is 39.9 Å². The summed E-state index contributed by atoms with van der Waals surface area (Å²) < 4.78 is 26.6. The molecule has 5 rings (SSSR count). The number of aromatic amines is 1. The molecule has 0 spiro atoms. The third-order valence-corrected chi connectivity index (χ3v) is 4.94. The van der Waals surface area contributed by atoms with Crippen LogP contribution in [0, 0.1) is 19.7 Å². The Labute approximate surface area is 152 Å². The summed E-state index contributed by atoms with van der Waals surface area (Å²) in [4.78, 5) is 19.4. The molecule has 1 aromatic carbocycles. The van der Waals surface area contributed by atoms with Crippen molar-refractivity contribution in [1.82, 2.24) is 19.7 Å². The lowest BCUT2D eigenvalue weighted by molar-refractivity contribution is 0.257. The predicted molar refractivity (Wildman–Crippen MR) is 95.4 cm³/mol. The fraction of sp³-hybridized carbons (Fsp3) is 0.211. The molecule has 136 valence electrons. The van der Waals surface area contributed by atoms with E-state index in [1.807, 2.05) is 26.0 Å². The number of ether oxygens (including phenoxy) is 1. The van der Waals surface area contributed by atoms with Crippen molar-refractivity contribution in [2.45, 2.75) is 19.9 Å². The van der Waals surface area contributed by atoms with E-state index in [0.717, 1.165) is 23.0 Å². The maximum atomic E-state index is 13.7. The molecule has 0 bridgehead atoms. The van der Waals surface area contributed by atoms with Crippen molar-refractivity contribution < 1.29 is 13.7 Å².